The highest BCUT2D eigenvalue weighted by Gasteiger charge is 2.24. The zero-order chi connectivity index (χ0) is 21.0. The van der Waals surface area contributed by atoms with Gasteiger partial charge in [0.25, 0.3) is 15.9 Å². The van der Waals surface area contributed by atoms with Crippen LogP contribution >= 0.6 is 0 Å². The number of rotatable bonds is 6. The second-order valence-corrected chi connectivity index (χ2v) is 8.83. The summed E-state index contributed by atoms with van der Waals surface area (Å²) in [5.74, 6) is 0.325. The summed E-state index contributed by atoms with van der Waals surface area (Å²) < 4.78 is 38.8. The lowest BCUT2D eigenvalue weighted by molar-refractivity contribution is -0.142. The van der Waals surface area contributed by atoms with Crippen LogP contribution < -0.4 is 9.46 Å². The molecule has 0 bridgehead atoms. The van der Waals surface area contributed by atoms with Gasteiger partial charge >= 0.3 is 0 Å². The van der Waals surface area contributed by atoms with E-state index in [1.165, 1.54) is 12.1 Å². The van der Waals surface area contributed by atoms with Crippen LogP contribution in [0.5, 0.6) is 5.75 Å². The van der Waals surface area contributed by atoms with Gasteiger partial charge in [0, 0.05) is 18.8 Å². The number of morpholine rings is 1. The summed E-state index contributed by atoms with van der Waals surface area (Å²) in [7, 11) is -3.72. The van der Waals surface area contributed by atoms with Gasteiger partial charge in [0.05, 0.1) is 18.1 Å². The highest BCUT2D eigenvalue weighted by atomic mass is 32.2. The number of anilines is 1. The van der Waals surface area contributed by atoms with Gasteiger partial charge < -0.3 is 14.4 Å². The van der Waals surface area contributed by atoms with E-state index in [2.05, 4.69) is 4.72 Å². The van der Waals surface area contributed by atoms with Gasteiger partial charge in [-0.2, -0.15) is 0 Å². The lowest BCUT2D eigenvalue weighted by Crippen LogP contribution is -2.46. The molecule has 3 rings (SSSR count). The minimum Gasteiger partial charge on any atom is -0.481 e. The monoisotopic (exact) mass is 418 g/mol. The van der Waals surface area contributed by atoms with Crippen molar-refractivity contribution in [2.75, 3.05) is 31.0 Å². The number of benzene rings is 2. The van der Waals surface area contributed by atoms with Gasteiger partial charge in [0.2, 0.25) is 0 Å². The zero-order valence-electron chi connectivity index (χ0n) is 16.8. The van der Waals surface area contributed by atoms with Gasteiger partial charge in [-0.05, 0) is 68.3 Å². The van der Waals surface area contributed by atoms with Gasteiger partial charge in [-0.1, -0.05) is 6.07 Å². The summed E-state index contributed by atoms with van der Waals surface area (Å²) >= 11 is 0. The molecule has 29 heavy (non-hydrogen) atoms. The summed E-state index contributed by atoms with van der Waals surface area (Å²) in [6.45, 7) is 7.66. The van der Waals surface area contributed by atoms with Crippen molar-refractivity contribution < 1.29 is 22.7 Å². The van der Waals surface area contributed by atoms with Crippen molar-refractivity contribution in [1.82, 2.24) is 4.90 Å². The van der Waals surface area contributed by atoms with Crippen LogP contribution in [0.2, 0.25) is 0 Å². The molecule has 0 saturated carbocycles. The highest BCUT2D eigenvalue weighted by molar-refractivity contribution is 7.92. The lowest BCUT2D eigenvalue weighted by atomic mass is 10.1. The fourth-order valence-electron chi connectivity index (χ4n) is 3.24. The van der Waals surface area contributed by atoms with Crippen LogP contribution in [0.25, 0.3) is 0 Å². The third-order valence-corrected chi connectivity index (χ3v) is 5.99. The molecule has 1 saturated heterocycles. The van der Waals surface area contributed by atoms with Gasteiger partial charge in [-0.15, -0.1) is 0 Å². The Labute approximate surface area is 171 Å². The molecule has 2 aromatic carbocycles. The molecule has 1 amide bonds. The molecule has 0 aromatic heterocycles. The maximum absolute atomic E-state index is 12.6. The SMILES string of the molecule is Cc1cc(C)cc(NS(=O)(=O)c2ccc(O[C@H](C)C(=O)N3CCOCC3)cc2)c1. The summed E-state index contributed by atoms with van der Waals surface area (Å²) in [5, 5.41) is 0. The van der Waals surface area contributed by atoms with E-state index in [4.69, 9.17) is 9.47 Å². The maximum Gasteiger partial charge on any atom is 0.263 e. The number of carbonyl (C=O) groups is 1. The van der Waals surface area contributed by atoms with E-state index in [1.807, 2.05) is 19.9 Å². The molecule has 0 unspecified atom stereocenters. The second-order valence-electron chi connectivity index (χ2n) is 7.15. The van der Waals surface area contributed by atoms with E-state index in [-0.39, 0.29) is 10.8 Å². The molecule has 156 valence electrons. The summed E-state index contributed by atoms with van der Waals surface area (Å²) in [6.07, 6.45) is -0.663. The van der Waals surface area contributed by atoms with Crippen molar-refractivity contribution in [3.05, 3.63) is 53.6 Å². The molecule has 8 heteroatoms. The zero-order valence-corrected chi connectivity index (χ0v) is 17.7. The van der Waals surface area contributed by atoms with E-state index in [9.17, 15) is 13.2 Å². The number of hydrogen-bond donors (Lipinski definition) is 1. The quantitative estimate of drug-likeness (QED) is 0.780. The van der Waals surface area contributed by atoms with Crippen molar-refractivity contribution in [1.29, 1.82) is 0 Å². The Morgan fingerprint density at radius 3 is 2.24 bits per heavy atom. The third kappa shape index (κ3) is 5.48. The molecule has 1 atom stereocenters. The molecule has 0 radical (unpaired) electrons. The number of nitrogens with zero attached hydrogens (tertiary/aromatic N) is 1. The Bertz CT molecular complexity index is 947. The van der Waals surface area contributed by atoms with Gasteiger partial charge in [-0.3, -0.25) is 9.52 Å². The second kappa shape index (κ2) is 8.84. The Morgan fingerprint density at radius 1 is 1.07 bits per heavy atom. The highest BCUT2D eigenvalue weighted by Crippen LogP contribution is 2.22. The van der Waals surface area contributed by atoms with E-state index < -0.39 is 16.1 Å². The topological polar surface area (TPSA) is 84.9 Å². The largest absolute Gasteiger partial charge is 0.481 e. The molecule has 1 fully saturated rings. The Morgan fingerprint density at radius 2 is 1.66 bits per heavy atom. The minimum atomic E-state index is -3.72. The summed E-state index contributed by atoms with van der Waals surface area (Å²) in [5.41, 5.74) is 2.48. The third-order valence-electron chi connectivity index (χ3n) is 4.59. The van der Waals surface area contributed by atoms with Crippen molar-refractivity contribution in [2.45, 2.75) is 31.8 Å². The number of amides is 1. The first-order valence-corrected chi connectivity index (χ1v) is 11.0. The first kappa shape index (κ1) is 21.1. The normalized spacial score (nSPS) is 15.6. The molecule has 0 aliphatic carbocycles. The first-order valence-electron chi connectivity index (χ1n) is 9.49. The van der Waals surface area contributed by atoms with Crippen LogP contribution in [-0.2, 0) is 19.6 Å². The number of ether oxygens (including phenoxy) is 2. The van der Waals surface area contributed by atoms with Crippen molar-refractivity contribution in [3.63, 3.8) is 0 Å². The Kier molecular flexibility index (Phi) is 6.44. The number of hydrogen-bond acceptors (Lipinski definition) is 5. The number of carbonyl (C=O) groups excluding carboxylic acids is 1. The van der Waals surface area contributed by atoms with Crippen LogP contribution in [0.3, 0.4) is 0 Å². The predicted octanol–water partition coefficient (Wildman–Crippen LogP) is 2.73. The molecule has 1 heterocycles. The van der Waals surface area contributed by atoms with E-state index >= 15 is 0 Å². The van der Waals surface area contributed by atoms with E-state index in [0.29, 0.717) is 37.7 Å². The van der Waals surface area contributed by atoms with Crippen molar-refractivity contribution >= 4 is 21.6 Å². The molecule has 1 N–H and O–H groups in total. The summed E-state index contributed by atoms with van der Waals surface area (Å²) in [6, 6.07) is 11.6. The van der Waals surface area contributed by atoms with Crippen molar-refractivity contribution in [3.8, 4) is 5.75 Å². The number of sulfonamides is 1. The minimum absolute atomic E-state index is 0.110. The van der Waals surface area contributed by atoms with E-state index in [0.717, 1.165) is 11.1 Å². The predicted molar refractivity (Wildman–Crippen MR) is 111 cm³/mol. The molecule has 7 nitrogen and oxygen atoms in total. The molecule has 1 aliphatic rings. The number of nitrogens with one attached hydrogen (secondary N) is 1. The fourth-order valence-corrected chi connectivity index (χ4v) is 4.28. The average molecular weight is 419 g/mol. The van der Waals surface area contributed by atoms with E-state index in [1.54, 1.807) is 36.1 Å². The summed E-state index contributed by atoms with van der Waals surface area (Å²) in [4.78, 5) is 14.3. The smallest absolute Gasteiger partial charge is 0.263 e. The van der Waals surface area contributed by atoms with Gasteiger partial charge in [0.15, 0.2) is 6.10 Å². The van der Waals surface area contributed by atoms with Crippen LogP contribution in [-0.4, -0.2) is 51.6 Å². The van der Waals surface area contributed by atoms with Gasteiger partial charge in [-0.25, -0.2) is 8.42 Å². The van der Waals surface area contributed by atoms with Crippen LogP contribution in [0.4, 0.5) is 5.69 Å². The number of aryl methyl sites for hydroxylation is 2. The average Bonchev–Trinajstić information content (AvgIpc) is 2.67. The fraction of sp³-hybridized carbons (Fsp3) is 0.381. The van der Waals surface area contributed by atoms with Crippen LogP contribution in [0, 0.1) is 13.8 Å². The standard InChI is InChI=1S/C21H26N2O5S/c1-15-12-16(2)14-18(13-15)22-29(25,26)20-6-4-19(5-7-20)28-17(3)21(24)23-8-10-27-11-9-23/h4-7,12-14,17,22H,8-11H2,1-3H3/t17-/m1/s1. The maximum atomic E-state index is 12.6. The first-order chi connectivity index (χ1) is 13.7. The lowest BCUT2D eigenvalue weighted by Gasteiger charge is -2.29. The Balaban J connectivity index is 1.66. The molecule has 1 aliphatic heterocycles. The molecular formula is C21H26N2O5S. The van der Waals surface area contributed by atoms with Gasteiger partial charge in [0.1, 0.15) is 5.75 Å². The van der Waals surface area contributed by atoms with Crippen LogP contribution in [0.15, 0.2) is 47.4 Å². The Hall–Kier alpha value is -2.58. The molecular weight excluding hydrogens is 392 g/mol. The molecule has 0 spiro atoms. The van der Waals surface area contributed by atoms with Crippen molar-refractivity contribution in [2.24, 2.45) is 0 Å². The van der Waals surface area contributed by atoms with Crippen LogP contribution in [0.1, 0.15) is 18.1 Å². The molecule has 2 aromatic rings.